The second-order valence-corrected chi connectivity index (χ2v) is 4.54. The van der Waals surface area contributed by atoms with Crippen molar-refractivity contribution in [3.8, 4) is 0 Å². The lowest BCUT2D eigenvalue weighted by atomic mass is 9.92. The zero-order chi connectivity index (χ0) is 9.73. The standard InChI is InChI=1S/C11H23NO/c1-10(2)11(5-6-11)9-12-7-4-8-13-3/h10,12H,4-9H2,1-3H3. The van der Waals surface area contributed by atoms with E-state index in [0.29, 0.717) is 5.41 Å². The SMILES string of the molecule is COCCCNCC1(C(C)C)CC1. The second kappa shape index (κ2) is 4.97. The predicted molar refractivity (Wildman–Crippen MR) is 55.9 cm³/mol. The summed E-state index contributed by atoms with van der Waals surface area (Å²) >= 11 is 0. The van der Waals surface area contributed by atoms with E-state index in [9.17, 15) is 0 Å². The summed E-state index contributed by atoms with van der Waals surface area (Å²) in [4.78, 5) is 0. The highest BCUT2D eigenvalue weighted by Gasteiger charge is 2.44. The van der Waals surface area contributed by atoms with Gasteiger partial charge in [-0.15, -0.1) is 0 Å². The zero-order valence-corrected chi connectivity index (χ0v) is 9.23. The molecule has 2 nitrogen and oxygen atoms in total. The Morgan fingerprint density at radius 3 is 2.54 bits per heavy atom. The molecule has 1 rings (SSSR count). The molecule has 2 heteroatoms. The van der Waals surface area contributed by atoms with Crippen molar-refractivity contribution in [2.24, 2.45) is 11.3 Å². The Kier molecular flexibility index (Phi) is 4.20. The van der Waals surface area contributed by atoms with Crippen LogP contribution >= 0.6 is 0 Å². The molecule has 0 atom stereocenters. The maximum absolute atomic E-state index is 5.00. The molecule has 0 bridgehead atoms. The van der Waals surface area contributed by atoms with Crippen molar-refractivity contribution in [2.75, 3.05) is 26.8 Å². The maximum atomic E-state index is 5.00. The molecule has 0 saturated heterocycles. The van der Waals surface area contributed by atoms with Gasteiger partial charge in [-0.25, -0.2) is 0 Å². The van der Waals surface area contributed by atoms with Crippen LogP contribution < -0.4 is 5.32 Å². The summed E-state index contributed by atoms with van der Waals surface area (Å²) in [6.07, 6.45) is 3.97. The van der Waals surface area contributed by atoms with Gasteiger partial charge >= 0.3 is 0 Å². The minimum absolute atomic E-state index is 0.646. The zero-order valence-electron chi connectivity index (χ0n) is 9.23. The first-order valence-corrected chi connectivity index (χ1v) is 5.41. The van der Waals surface area contributed by atoms with Crippen molar-refractivity contribution in [1.82, 2.24) is 5.32 Å². The van der Waals surface area contributed by atoms with Gasteiger partial charge in [-0.05, 0) is 37.1 Å². The van der Waals surface area contributed by atoms with Gasteiger partial charge in [0.15, 0.2) is 0 Å². The van der Waals surface area contributed by atoms with E-state index in [4.69, 9.17) is 4.74 Å². The number of rotatable bonds is 7. The Morgan fingerprint density at radius 2 is 2.08 bits per heavy atom. The van der Waals surface area contributed by atoms with E-state index >= 15 is 0 Å². The summed E-state index contributed by atoms with van der Waals surface area (Å²) in [6.45, 7) is 7.85. The van der Waals surface area contributed by atoms with Gasteiger partial charge in [0.1, 0.15) is 0 Å². The molecule has 1 aliphatic rings. The van der Waals surface area contributed by atoms with Gasteiger partial charge in [-0.1, -0.05) is 13.8 Å². The number of methoxy groups -OCH3 is 1. The second-order valence-electron chi connectivity index (χ2n) is 4.54. The van der Waals surface area contributed by atoms with E-state index < -0.39 is 0 Å². The fraction of sp³-hybridized carbons (Fsp3) is 1.00. The van der Waals surface area contributed by atoms with Crippen LogP contribution in [0.15, 0.2) is 0 Å². The van der Waals surface area contributed by atoms with E-state index in [-0.39, 0.29) is 0 Å². The summed E-state index contributed by atoms with van der Waals surface area (Å²) in [5, 5.41) is 3.52. The molecule has 0 aromatic heterocycles. The molecule has 0 radical (unpaired) electrons. The van der Waals surface area contributed by atoms with Crippen LogP contribution in [0.25, 0.3) is 0 Å². The highest BCUT2D eigenvalue weighted by Crippen LogP contribution is 2.51. The number of hydrogen-bond donors (Lipinski definition) is 1. The van der Waals surface area contributed by atoms with Crippen molar-refractivity contribution in [3.05, 3.63) is 0 Å². The third-order valence-corrected chi connectivity index (χ3v) is 3.30. The van der Waals surface area contributed by atoms with Gasteiger partial charge in [0.2, 0.25) is 0 Å². The lowest BCUT2D eigenvalue weighted by Crippen LogP contribution is -2.28. The lowest BCUT2D eigenvalue weighted by molar-refractivity contribution is 0.193. The molecule has 0 spiro atoms. The predicted octanol–water partition coefficient (Wildman–Crippen LogP) is 2.05. The van der Waals surface area contributed by atoms with Gasteiger partial charge in [0.05, 0.1) is 0 Å². The topological polar surface area (TPSA) is 21.3 Å². The summed E-state index contributed by atoms with van der Waals surface area (Å²) in [7, 11) is 1.76. The molecule has 1 N–H and O–H groups in total. The molecule has 0 aromatic carbocycles. The van der Waals surface area contributed by atoms with Crippen LogP contribution in [0.2, 0.25) is 0 Å². The van der Waals surface area contributed by atoms with Gasteiger partial charge in [-0.2, -0.15) is 0 Å². The fourth-order valence-corrected chi connectivity index (χ4v) is 1.80. The molecule has 0 heterocycles. The minimum atomic E-state index is 0.646. The van der Waals surface area contributed by atoms with Crippen molar-refractivity contribution >= 4 is 0 Å². The van der Waals surface area contributed by atoms with Crippen LogP contribution in [0, 0.1) is 11.3 Å². The van der Waals surface area contributed by atoms with Crippen LogP contribution in [0.3, 0.4) is 0 Å². The van der Waals surface area contributed by atoms with Gasteiger partial charge in [0.25, 0.3) is 0 Å². The van der Waals surface area contributed by atoms with Crippen molar-refractivity contribution in [3.63, 3.8) is 0 Å². The molecule has 78 valence electrons. The first-order valence-electron chi connectivity index (χ1n) is 5.41. The largest absolute Gasteiger partial charge is 0.385 e. The first-order chi connectivity index (χ1) is 6.21. The summed E-state index contributed by atoms with van der Waals surface area (Å²) < 4.78 is 5.00. The van der Waals surface area contributed by atoms with Crippen LogP contribution in [0.4, 0.5) is 0 Å². The van der Waals surface area contributed by atoms with E-state index in [1.807, 2.05) is 0 Å². The molecule has 0 aliphatic heterocycles. The Bertz CT molecular complexity index is 141. The Balaban J connectivity index is 1.99. The summed E-state index contributed by atoms with van der Waals surface area (Å²) in [5.41, 5.74) is 0.646. The smallest absolute Gasteiger partial charge is 0.0474 e. The van der Waals surface area contributed by atoms with Gasteiger partial charge in [0, 0.05) is 20.3 Å². The van der Waals surface area contributed by atoms with Crippen LogP contribution in [-0.2, 0) is 4.74 Å². The number of nitrogens with one attached hydrogen (secondary N) is 1. The number of ether oxygens (including phenoxy) is 1. The Hall–Kier alpha value is -0.0800. The molecular weight excluding hydrogens is 162 g/mol. The van der Waals surface area contributed by atoms with Crippen molar-refractivity contribution in [1.29, 1.82) is 0 Å². The maximum Gasteiger partial charge on any atom is 0.0474 e. The van der Waals surface area contributed by atoms with E-state index in [1.54, 1.807) is 7.11 Å². The van der Waals surface area contributed by atoms with E-state index in [0.717, 1.165) is 25.5 Å². The first kappa shape index (κ1) is 11.0. The van der Waals surface area contributed by atoms with Crippen molar-refractivity contribution < 1.29 is 4.74 Å². The third kappa shape index (κ3) is 3.28. The lowest BCUT2D eigenvalue weighted by Gasteiger charge is -2.19. The van der Waals surface area contributed by atoms with Crippen molar-refractivity contribution in [2.45, 2.75) is 33.1 Å². The average molecular weight is 185 g/mol. The molecule has 13 heavy (non-hydrogen) atoms. The summed E-state index contributed by atoms with van der Waals surface area (Å²) in [6, 6.07) is 0. The quantitative estimate of drug-likeness (QED) is 0.613. The monoisotopic (exact) mass is 185 g/mol. The average Bonchev–Trinajstić information content (AvgIpc) is 2.85. The van der Waals surface area contributed by atoms with E-state index in [2.05, 4.69) is 19.2 Å². The molecule has 1 saturated carbocycles. The van der Waals surface area contributed by atoms with Crippen LogP contribution in [0.5, 0.6) is 0 Å². The highest BCUT2D eigenvalue weighted by molar-refractivity contribution is 4.96. The van der Waals surface area contributed by atoms with Crippen LogP contribution in [-0.4, -0.2) is 26.8 Å². The molecule has 0 amide bonds. The normalized spacial score (nSPS) is 19.4. The summed E-state index contributed by atoms with van der Waals surface area (Å²) in [5.74, 6) is 0.836. The minimum Gasteiger partial charge on any atom is -0.385 e. The van der Waals surface area contributed by atoms with Gasteiger partial charge in [-0.3, -0.25) is 0 Å². The Labute approximate surface area is 82.0 Å². The molecule has 0 unspecified atom stereocenters. The van der Waals surface area contributed by atoms with Gasteiger partial charge < -0.3 is 10.1 Å². The Morgan fingerprint density at radius 1 is 1.38 bits per heavy atom. The molecule has 1 fully saturated rings. The van der Waals surface area contributed by atoms with Crippen LogP contribution in [0.1, 0.15) is 33.1 Å². The number of hydrogen-bond acceptors (Lipinski definition) is 2. The highest BCUT2D eigenvalue weighted by atomic mass is 16.5. The van der Waals surface area contributed by atoms with E-state index in [1.165, 1.54) is 19.4 Å². The molecular formula is C11H23NO. The molecule has 0 aromatic rings. The molecule has 1 aliphatic carbocycles. The fourth-order valence-electron chi connectivity index (χ4n) is 1.80. The third-order valence-electron chi connectivity index (χ3n) is 3.30.